The Morgan fingerprint density at radius 3 is 2.15 bits per heavy atom. The number of aliphatic hydroxyl groups excluding tert-OH is 3. The van der Waals surface area contributed by atoms with E-state index in [2.05, 4.69) is 48.1 Å². The van der Waals surface area contributed by atoms with Gasteiger partial charge in [0, 0.05) is 19.1 Å². The van der Waals surface area contributed by atoms with E-state index < -0.39 is 6.10 Å². The highest BCUT2D eigenvalue weighted by Crippen LogP contribution is 2.78. The quantitative estimate of drug-likeness (QED) is 0.467. The van der Waals surface area contributed by atoms with Gasteiger partial charge in [0.15, 0.2) is 0 Å². The van der Waals surface area contributed by atoms with Gasteiger partial charge in [-0.05, 0) is 115 Å². The molecule has 5 fully saturated rings. The zero-order valence-corrected chi connectivity index (χ0v) is 22.2. The van der Waals surface area contributed by atoms with Gasteiger partial charge in [0.05, 0.1) is 6.10 Å². The molecule has 33 heavy (non-hydrogen) atoms. The Hall–Kier alpha value is -0.380. The fraction of sp³-hybridized carbons (Fsp3) is 0.933. The summed E-state index contributed by atoms with van der Waals surface area (Å²) >= 11 is 0. The zero-order valence-electron chi connectivity index (χ0n) is 22.2. The number of fused-ring (bicyclic) bond motifs is 7. The lowest BCUT2D eigenvalue weighted by Gasteiger charge is -2.71. The second-order valence-corrected chi connectivity index (χ2v) is 14.6. The van der Waals surface area contributed by atoms with Crippen LogP contribution >= 0.6 is 0 Å². The third-order valence-electron chi connectivity index (χ3n) is 13.8. The molecule has 5 aliphatic rings. The van der Waals surface area contributed by atoms with Crippen molar-refractivity contribution in [2.75, 3.05) is 13.2 Å². The van der Waals surface area contributed by atoms with Crippen LogP contribution in [0.15, 0.2) is 12.2 Å². The van der Waals surface area contributed by atoms with E-state index in [0.29, 0.717) is 36.2 Å². The van der Waals surface area contributed by atoms with Crippen molar-refractivity contribution >= 4 is 0 Å². The molecule has 0 amide bonds. The number of hydrogen-bond acceptors (Lipinski definition) is 3. The summed E-state index contributed by atoms with van der Waals surface area (Å²) in [7, 11) is 0. The Morgan fingerprint density at radius 1 is 0.848 bits per heavy atom. The van der Waals surface area contributed by atoms with Gasteiger partial charge < -0.3 is 15.3 Å². The molecular formula is C30H50O3. The molecule has 5 aliphatic carbocycles. The predicted octanol–water partition coefficient (Wildman–Crippen LogP) is 5.83. The molecule has 0 saturated heterocycles. The fourth-order valence-electron chi connectivity index (χ4n) is 11.9. The number of allylic oxidation sites excluding steroid dienone is 1. The van der Waals surface area contributed by atoms with Crippen LogP contribution < -0.4 is 0 Å². The molecule has 188 valence electrons. The highest BCUT2D eigenvalue weighted by molar-refractivity contribution is 5.23. The fourth-order valence-corrected chi connectivity index (χ4v) is 11.9. The number of aliphatic hydroxyl groups is 3. The maximum absolute atomic E-state index is 11.4. The standard InChI is InChI=1S/C30H50O3/c1-18(2)19-10-13-30(17-32)15-14-27(5)20(24(19)30)8-9-23-28(27,6)12-11-22-26(3,4)25(33)21(16-31)29(22,23)7/h19-25,31-33H,1,8-17H2,2-7H3/t19-,20+,21-,22?,23-,24+,25+,27+,28+,29-,30+/m0/s1. The van der Waals surface area contributed by atoms with Crippen molar-refractivity contribution in [2.45, 2.75) is 99.0 Å². The third kappa shape index (κ3) is 2.69. The van der Waals surface area contributed by atoms with Crippen molar-refractivity contribution in [1.29, 1.82) is 0 Å². The first-order valence-electron chi connectivity index (χ1n) is 13.9. The van der Waals surface area contributed by atoms with E-state index in [9.17, 15) is 15.3 Å². The van der Waals surface area contributed by atoms with Crippen LogP contribution in [0.25, 0.3) is 0 Å². The minimum absolute atomic E-state index is 0.0202. The summed E-state index contributed by atoms with van der Waals surface area (Å²) in [6.45, 7) is 19.2. The average molecular weight is 459 g/mol. The second-order valence-electron chi connectivity index (χ2n) is 14.6. The molecule has 0 aromatic carbocycles. The van der Waals surface area contributed by atoms with Gasteiger partial charge in [0.2, 0.25) is 0 Å². The normalized spacial score (nSPS) is 57.1. The SMILES string of the molecule is C=C(C)[C@@H]1CC[C@]2(CO)CC[C@]3(C)[C@H](CC[C@@H]4[C@]5(C)C(CC[C@]43C)C(C)(C)[C@H](O)[C@@H]5CO)[C@@H]12. The van der Waals surface area contributed by atoms with E-state index in [-0.39, 0.29) is 39.6 Å². The van der Waals surface area contributed by atoms with Crippen molar-refractivity contribution in [3.8, 4) is 0 Å². The molecule has 0 aromatic rings. The van der Waals surface area contributed by atoms with Crippen molar-refractivity contribution in [3.63, 3.8) is 0 Å². The van der Waals surface area contributed by atoms with Crippen molar-refractivity contribution in [3.05, 3.63) is 12.2 Å². The maximum Gasteiger partial charge on any atom is 0.0649 e. The summed E-state index contributed by atoms with van der Waals surface area (Å²) < 4.78 is 0. The van der Waals surface area contributed by atoms with Crippen LogP contribution in [0.1, 0.15) is 92.9 Å². The maximum atomic E-state index is 11.4. The van der Waals surface area contributed by atoms with Gasteiger partial charge in [-0.2, -0.15) is 0 Å². The second kappa shape index (κ2) is 7.32. The van der Waals surface area contributed by atoms with Gasteiger partial charge in [-0.1, -0.05) is 46.8 Å². The topological polar surface area (TPSA) is 60.7 Å². The van der Waals surface area contributed by atoms with Crippen LogP contribution in [-0.4, -0.2) is 34.6 Å². The van der Waals surface area contributed by atoms with Crippen molar-refractivity contribution in [2.24, 2.45) is 62.6 Å². The lowest BCUT2D eigenvalue weighted by molar-refractivity contribution is -0.229. The Labute approximate surface area is 202 Å². The molecular weight excluding hydrogens is 408 g/mol. The van der Waals surface area contributed by atoms with Crippen LogP contribution in [-0.2, 0) is 0 Å². The molecule has 3 heteroatoms. The van der Waals surface area contributed by atoms with Crippen LogP contribution in [0.3, 0.4) is 0 Å². The van der Waals surface area contributed by atoms with Gasteiger partial charge in [-0.3, -0.25) is 0 Å². The summed E-state index contributed by atoms with van der Waals surface area (Å²) in [4.78, 5) is 0. The highest BCUT2D eigenvalue weighted by atomic mass is 16.3. The van der Waals surface area contributed by atoms with Gasteiger partial charge in [-0.15, -0.1) is 0 Å². The molecule has 3 nitrogen and oxygen atoms in total. The van der Waals surface area contributed by atoms with Gasteiger partial charge in [0.1, 0.15) is 0 Å². The van der Waals surface area contributed by atoms with E-state index in [0.717, 1.165) is 19.3 Å². The average Bonchev–Trinajstić information content (AvgIpc) is 3.21. The summed E-state index contributed by atoms with van der Waals surface area (Å²) in [6, 6.07) is 0. The van der Waals surface area contributed by atoms with E-state index in [1.165, 1.54) is 37.7 Å². The molecule has 11 atom stereocenters. The Balaban J connectivity index is 1.59. The summed E-state index contributed by atoms with van der Waals surface area (Å²) in [6.07, 6.45) is 9.09. The first kappa shape index (κ1) is 24.3. The molecule has 0 radical (unpaired) electrons. The minimum atomic E-state index is -0.429. The summed E-state index contributed by atoms with van der Waals surface area (Å²) in [5.74, 6) is 2.70. The van der Waals surface area contributed by atoms with Gasteiger partial charge in [0.25, 0.3) is 0 Å². The van der Waals surface area contributed by atoms with E-state index in [4.69, 9.17) is 0 Å². The van der Waals surface area contributed by atoms with Crippen LogP contribution in [0.4, 0.5) is 0 Å². The van der Waals surface area contributed by atoms with Crippen molar-refractivity contribution < 1.29 is 15.3 Å². The van der Waals surface area contributed by atoms with Crippen LogP contribution in [0.2, 0.25) is 0 Å². The minimum Gasteiger partial charge on any atom is -0.396 e. The smallest absolute Gasteiger partial charge is 0.0649 e. The Morgan fingerprint density at radius 2 is 1.55 bits per heavy atom. The lowest BCUT2D eigenvalue weighted by Crippen LogP contribution is -2.65. The molecule has 0 aliphatic heterocycles. The predicted molar refractivity (Wildman–Crippen MR) is 133 cm³/mol. The molecule has 5 rings (SSSR count). The Bertz CT molecular complexity index is 819. The first-order valence-corrected chi connectivity index (χ1v) is 13.9. The van der Waals surface area contributed by atoms with Gasteiger partial charge in [-0.25, -0.2) is 0 Å². The summed E-state index contributed by atoms with van der Waals surface area (Å²) in [5.41, 5.74) is 1.70. The lowest BCUT2D eigenvalue weighted by atomic mass is 9.34. The van der Waals surface area contributed by atoms with E-state index in [1.807, 2.05) is 0 Å². The van der Waals surface area contributed by atoms with Gasteiger partial charge >= 0.3 is 0 Å². The monoisotopic (exact) mass is 458 g/mol. The number of rotatable bonds is 3. The molecule has 0 bridgehead atoms. The Kier molecular flexibility index (Phi) is 5.40. The third-order valence-corrected chi connectivity index (χ3v) is 13.8. The summed E-state index contributed by atoms with van der Waals surface area (Å²) in [5, 5.41) is 32.6. The molecule has 0 spiro atoms. The van der Waals surface area contributed by atoms with Crippen LogP contribution in [0.5, 0.6) is 0 Å². The van der Waals surface area contributed by atoms with E-state index in [1.54, 1.807) is 0 Å². The largest absolute Gasteiger partial charge is 0.396 e. The molecule has 1 unspecified atom stereocenters. The van der Waals surface area contributed by atoms with Crippen LogP contribution in [0, 0.1) is 62.6 Å². The molecule has 0 aromatic heterocycles. The zero-order chi connectivity index (χ0) is 24.2. The van der Waals surface area contributed by atoms with E-state index >= 15 is 0 Å². The molecule has 5 saturated carbocycles. The van der Waals surface area contributed by atoms with Crippen molar-refractivity contribution in [1.82, 2.24) is 0 Å². The first-order chi connectivity index (χ1) is 15.3. The molecule has 3 N–H and O–H groups in total. The highest BCUT2D eigenvalue weighted by Gasteiger charge is 2.73. The molecule has 0 heterocycles. The number of hydrogen-bond donors (Lipinski definition) is 3.